The van der Waals surface area contributed by atoms with Crippen LogP contribution in [0.15, 0.2) is 63.7 Å². The Bertz CT molecular complexity index is 832. The second kappa shape index (κ2) is 11.6. The third-order valence-electron chi connectivity index (χ3n) is 4.42. The van der Waals surface area contributed by atoms with Crippen molar-refractivity contribution in [3.05, 3.63) is 48.5 Å². The molecule has 0 aliphatic rings. The maximum atomic E-state index is 11.2. The Morgan fingerprint density at radius 2 is 1.29 bits per heavy atom. The zero-order valence-electron chi connectivity index (χ0n) is 16.5. The number of anilines is 1. The fourth-order valence-electron chi connectivity index (χ4n) is 2.78. The first-order valence-corrected chi connectivity index (χ1v) is 11.4. The Kier molecular flexibility index (Phi) is 9.10. The maximum absolute atomic E-state index is 11.2. The normalized spacial score (nSPS) is 11.8. The summed E-state index contributed by atoms with van der Waals surface area (Å²) >= 11 is 0. The van der Waals surface area contributed by atoms with Gasteiger partial charge in [-0.3, -0.25) is 0 Å². The topological polar surface area (TPSA) is 96.9 Å². The highest BCUT2D eigenvalue weighted by atomic mass is 32.2. The summed E-state index contributed by atoms with van der Waals surface area (Å²) in [6, 6.07) is 13.7. The van der Waals surface area contributed by atoms with Crippen LogP contribution in [0.4, 0.5) is 17.1 Å². The van der Waals surface area contributed by atoms with Crippen molar-refractivity contribution in [3.63, 3.8) is 0 Å². The Morgan fingerprint density at radius 3 is 1.82 bits per heavy atom. The molecule has 0 bridgehead atoms. The van der Waals surface area contributed by atoms with Crippen molar-refractivity contribution >= 4 is 27.1 Å². The Labute approximate surface area is 168 Å². The van der Waals surface area contributed by atoms with Gasteiger partial charge in [-0.05, 0) is 55.0 Å². The molecule has 0 aliphatic carbocycles. The van der Waals surface area contributed by atoms with Crippen molar-refractivity contribution in [2.75, 3.05) is 11.9 Å². The highest BCUT2D eigenvalue weighted by molar-refractivity contribution is 7.89. The minimum atomic E-state index is -3.69. The summed E-state index contributed by atoms with van der Waals surface area (Å²) in [5.41, 5.74) is 2.37. The van der Waals surface area contributed by atoms with Crippen LogP contribution in [0.25, 0.3) is 0 Å². The summed E-state index contributed by atoms with van der Waals surface area (Å²) in [7, 11) is -3.69. The van der Waals surface area contributed by atoms with Crippen molar-refractivity contribution < 1.29 is 8.42 Å². The van der Waals surface area contributed by atoms with Gasteiger partial charge in [0.2, 0.25) is 10.0 Å². The summed E-state index contributed by atoms with van der Waals surface area (Å²) in [5, 5.41) is 16.8. The van der Waals surface area contributed by atoms with E-state index in [9.17, 15) is 8.42 Å². The van der Waals surface area contributed by atoms with Crippen molar-refractivity contribution in [1.29, 1.82) is 0 Å². The molecule has 0 spiro atoms. The minimum Gasteiger partial charge on any atom is -0.385 e. The average molecular weight is 403 g/mol. The molecule has 2 aromatic carbocycles. The van der Waals surface area contributed by atoms with Gasteiger partial charge >= 0.3 is 0 Å². The molecule has 0 unspecified atom stereocenters. The van der Waals surface area contributed by atoms with Crippen molar-refractivity contribution in [2.45, 2.75) is 56.8 Å². The van der Waals surface area contributed by atoms with Crippen LogP contribution < -0.4 is 10.5 Å². The molecule has 0 amide bonds. The van der Waals surface area contributed by atoms with Crippen LogP contribution in [0.5, 0.6) is 0 Å². The molecule has 0 aliphatic heterocycles. The first-order chi connectivity index (χ1) is 13.5. The number of unbranched alkanes of at least 4 members (excludes halogenated alkanes) is 6. The van der Waals surface area contributed by atoms with Gasteiger partial charge in [0.05, 0.1) is 16.3 Å². The molecule has 28 heavy (non-hydrogen) atoms. The molecule has 0 fully saturated rings. The standard InChI is InChI=1S/C21H30N4O2S/c1-2-3-4-5-6-7-8-17-23-18-9-11-19(12-10-18)24-25-20-13-15-21(16-14-20)28(22,26)27/h9-16,23H,2-8,17H2,1H3,(H2,22,26,27). The minimum absolute atomic E-state index is 0.0582. The largest absolute Gasteiger partial charge is 0.385 e. The van der Waals surface area contributed by atoms with E-state index in [-0.39, 0.29) is 4.90 Å². The van der Waals surface area contributed by atoms with E-state index in [4.69, 9.17) is 5.14 Å². The van der Waals surface area contributed by atoms with Gasteiger partial charge < -0.3 is 5.32 Å². The van der Waals surface area contributed by atoms with Gasteiger partial charge in [-0.25, -0.2) is 13.6 Å². The van der Waals surface area contributed by atoms with Crippen molar-refractivity contribution in [3.8, 4) is 0 Å². The molecule has 0 saturated carbocycles. The van der Waals surface area contributed by atoms with Crippen LogP contribution in [0.2, 0.25) is 0 Å². The SMILES string of the molecule is CCCCCCCCCNc1ccc(N=Nc2ccc(S(N)(=O)=O)cc2)cc1. The van der Waals surface area contributed by atoms with Gasteiger partial charge in [0.25, 0.3) is 0 Å². The van der Waals surface area contributed by atoms with E-state index in [2.05, 4.69) is 22.5 Å². The highest BCUT2D eigenvalue weighted by Crippen LogP contribution is 2.21. The molecule has 0 radical (unpaired) electrons. The number of sulfonamides is 1. The molecule has 2 rings (SSSR count). The fourth-order valence-corrected chi connectivity index (χ4v) is 3.29. The quantitative estimate of drug-likeness (QED) is 0.341. The predicted molar refractivity (Wildman–Crippen MR) is 115 cm³/mol. The van der Waals surface area contributed by atoms with E-state index in [1.54, 1.807) is 12.1 Å². The number of nitrogens with one attached hydrogen (secondary N) is 1. The molecule has 152 valence electrons. The Morgan fingerprint density at radius 1 is 0.786 bits per heavy atom. The lowest BCUT2D eigenvalue weighted by Gasteiger charge is -2.06. The molecule has 7 heteroatoms. The van der Waals surface area contributed by atoms with Crippen LogP contribution in [-0.4, -0.2) is 15.0 Å². The fraction of sp³-hybridized carbons (Fsp3) is 0.429. The summed E-state index contributed by atoms with van der Waals surface area (Å²) < 4.78 is 22.5. The van der Waals surface area contributed by atoms with Crippen LogP contribution in [0.3, 0.4) is 0 Å². The van der Waals surface area contributed by atoms with Crippen molar-refractivity contribution in [2.24, 2.45) is 15.4 Å². The van der Waals surface area contributed by atoms with Gasteiger partial charge in [-0.1, -0.05) is 45.4 Å². The van der Waals surface area contributed by atoms with Gasteiger partial charge in [0.1, 0.15) is 0 Å². The molecule has 0 atom stereocenters. The van der Waals surface area contributed by atoms with E-state index in [1.807, 2.05) is 24.3 Å². The van der Waals surface area contributed by atoms with E-state index >= 15 is 0 Å². The maximum Gasteiger partial charge on any atom is 0.238 e. The molecule has 0 aromatic heterocycles. The van der Waals surface area contributed by atoms with Crippen molar-refractivity contribution in [1.82, 2.24) is 0 Å². The lowest BCUT2D eigenvalue weighted by molar-refractivity contribution is 0.596. The first kappa shape index (κ1) is 22.0. The summed E-state index contributed by atoms with van der Waals surface area (Å²) in [6.45, 7) is 3.22. The average Bonchev–Trinajstić information content (AvgIpc) is 2.69. The van der Waals surface area contributed by atoms with Gasteiger partial charge in [0, 0.05) is 12.2 Å². The second-order valence-corrected chi connectivity index (χ2v) is 8.40. The molecule has 0 heterocycles. The lowest BCUT2D eigenvalue weighted by Crippen LogP contribution is -2.11. The summed E-state index contributed by atoms with van der Waals surface area (Å²) in [6.07, 6.45) is 9.12. The molecule has 6 nitrogen and oxygen atoms in total. The number of rotatable bonds is 12. The second-order valence-electron chi connectivity index (χ2n) is 6.83. The number of primary sulfonamides is 1. The molecular formula is C21H30N4O2S. The lowest BCUT2D eigenvalue weighted by atomic mass is 10.1. The summed E-state index contributed by atoms with van der Waals surface area (Å²) in [4.78, 5) is 0.0582. The number of hydrogen-bond acceptors (Lipinski definition) is 5. The van der Waals surface area contributed by atoms with Gasteiger partial charge in [-0.15, -0.1) is 0 Å². The van der Waals surface area contributed by atoms with E-state index in [0.29, 0.717) is 5.69 Å². The summed E-state index contributed by atoms with van der Waals surface area (Å²) in [5.74, 6) is 0. The number of hydrogen-bond donors (Lipinski definition) is 2. The Hall–Kier alpha value is -2.25. The highest BCUT2D eigenvalue weighted by Gasteiger charge is 2.06. The van der Waals surface area contributed by atoms with Crippen LogP contribution in [-0.2, 0) is 10.0 Å². The predicted octanol–water partition coefficient (Wildman–Crippen LogP) is 5.91. The number of benzene rings is 2. The molecule has 2 aromatic rings. The smallest absolute Gasteiger partial charge is 0.238 e. The molecule has 0 saturated heterocycles. The van der Waals surface area contributed by atoms with Crippen LogP contribution >= 0.6 is 0 Å². The first-order valence-electron chi connectivity index (χ1n) is 9.87. The number of nitrogens with zero attached hydrogens (tertiary/aromatic N) is 2. The van der Waals surface area contributed by atoms with Gasteiger partial charge in [-0.2, -0.15) is 10.2 Å². The monoisotopic (exact) mass is 402 g/mol. The third-order valence-corrected chi connectivity index (χ3v) is 5.35. The van der Waals surface area contributed by atoms with Crippen LogP contribution in [0.1, 0.15) is 51.9 Å². The third kappa shape index (κ3) is 8.19. The number of nitrogens with two attached hydrogens (primary N) is 1. The Balaban J connectivity index is 1.74. The molecule has 3 N–H and O–H groups in total. The van der Waals surface area contributed by atoms with Gasteiger partial charge in [0.15, 0.2) is 0 Å². The number of azo groups is 1. The molecular weight excluding hydrogens is 372 g/mol. The van der Waals surface area contributed by atoms with Crippen LogP contribution in [0, 0.1) is 0 Å². The zero-order chi connectivity index (χ0) is 20.2. The van der Waals surface area contributed by atoms with E-state index < -0.39 is 10.0 Å². The van der Waals surface area contributed by atoms with E-state index in [1.165, 1.54) is 57.1 Å². The zero-order valence-corrected chi connectivity index (χ0v) is 17.3. The van der Waals surface area contributed by atoms with E-state index in [0.717, 1.165) is 17.9 Å².